The normalized spacial score (nSPS) is 20.0. The highest BCUT2D eigenvalue weighted by Gasteiger charge is 2.50. The minimum absolute atomic E-state index is 0.0502. The van der Waals surface area contributed by atoms with Gasteiger partial charge in [-0.15, -0.1) is 0 Å². The smallest absolute Gasteiger partial charge is 0.261 e. The van der Waals surface area contributed by atoms with Crippen molar-refractivity contribution in [2.45, 2.75) is 70.5 Å². The summed E-state index contributed by atoms with van der Waals surface area (Å²) in [5.74, 6) is 0.173. The molecule has 1 fully saturated rings. The lowest BCUT2D eigenvalue weighted by atomic mass is 9.75. The van der Waals surface area contributed by atoms with Gasteiger partial charge in [-0.25, -0.2) is 0 Å². The summed E-state index contributed by atoms with van der Waals surface area (Å²) in [4.78, 5) is 16.2. The molecule has 1 heterocycles. The second-order valence-corrected chi connectivity index (χ2v) is 18.4. The number of hydrogen-bond donors (Lipinski definition) is 0. The van der Waals surface area contributed by atoms with Gasteiger partial charge in [0.15, 0.2) is 0 Å². The van der Waals surface area contributed by atoms with E-state index in [-0.39, 0.29) is 34.9 Å². The highest BCUT2D eigenvalue weighted by atomic mass is 35.5. The van der Waals surface area contributed by atoms with Crippen LogP contribution in [0.3, 0.4) is 0 Å². The minimum atomic E-state index is -2.69. The van der Waals surface area contributed by atoms with Gasteiger partial charge in [-0.1, -0.05) is 136 Å². The lowest BCUT2D eigenvalue weighted by Crippen LogP contribution is -2.66. The fraction of sp³-hybridized carbons (Fsp3) is 0.342. The van der Waals surface area contributed by atoms with E-state index in [1.807, 2.05) is 30.3 Å². The predicted molar refractivity (Wildman–Crippen MR) is 187 cm³/mol. The molecule has 0 bridgehead atoms. The summed E-state index contributed by atoms with van der Waals surface area (Å²) in [5.41, 5.74) is 2.23. The lowest BCUT2D eigenvalue weighted by molar-refractivity contribution is -0.145. The van der Waals surface area contributed by atoms with Crippen LogP contribution < -0.4 is 10.4 Å². The Morgan fingerprint density at radius 3 is 1.95 bits per heavy atom. The maximum atomic E-state index is 14.1. The Labute approximate surface area is 274 Å². The Balaban J connectivity index is 1.49. The van der Waals surface area contributed by atoms with Crippen LogP contribution in [0.25, 0.3) is 0 Å². The highest BCUT2D eigenvalue weighted by Crippen LogP contribution is 2.47. The van der Waals surface area contributed by atoms with E-state index >= 15 is 0 Å². The van der Waals surface area contributed by atoms with Crippen LogP contribution in [0, 0.1) is 5.92 Å². The number of halogens is 2. The minimum Gasteiger partial charge on any atom is -0.407 e. The molecule has 44 heavy (non-hydrogen) atoms. The molecule has 1 aliphatic rings. The lowest BCUT2D eigenvalue weighted by Gasteiger charge is -2.48. The summed E-state index contributed by atoms with van der Waals surface area (Å²) in [6, 6.07) is 37.3. The first-order valence-electron chi connectivity index (χ1n) is 15.6. The number of benzene rings is 4. The standard InChI is InChI=1S/C38H43Cl2NO2Si/c1-27-25-35(30-13-12-14-32(40)26-30)36(29-19-21-31(39)22-20-29)41(37(27)42)28(2)23-24-43-44(38(3,4)5,33-15-8-6-9-16-33)34-17-10-7-11-18-34/h6-22,26-28,35-36H,23-25H2,1-5H3/t27?,28-,35+,36+/m0/s1. The van der Waals surface area contributed by atoms with Crippen LogP contribution in [-0.4, -0.2) is 31.8 Å². The maximum absolute atomic E-state index is 14.1. The first-order valence-corrected chi connectivity index (χ1v) is 18.3. The first kappa shape index (κ1) is 32.5. The van der Waals surface area contributed by atoms with Crippen LogP contribution in [0.1, 0.15) is 70.5 Å². The topological polar surface area (TPSA) is 29.5 Å². The van der Waals surface area contributed by atoms with Crippen molar-refractivity contribution in [2.75, 3.05) is 6.61 Å². The van der Waals surface area contributed by atoms with Crippen molar-refractivity contribution in [3.63, 3.8) is 0 Å². The molecule has 4 aromatic carbocycles. The fourth-order valence-electron chi connectivity index (χ4n) is 7.08. The van der Waals surface area contributed by atoms with Crippen LogP contribution in [0.2, 0.25) is 15.1 Å². The van der Waals surface area contributed by atoms with E-state index in [1.165, 1.54) is 10.4 Å². The Hall–Kier alpha value is -2.89. The molecule has 0 spiro atoms. The molecular weight excluding hydrogens is 601 g/mol. The molecule has 4 atom stereocenters. The molecular formula is C38H43Cl2NO2Si. The van der Waals surface area contributed by atoms with Gasteiger partial charge >= 0.3 is 0 Å². The number of likely N-dealkylation sites (tertiary alicyclic amines) is 1. The second kappa shape index (κ2) is 13.6. The zero-order chi connectivity index (χ0) is 31.5. The second-order valence-electron chi connectivity index (χ2n) is 13.2. The molecule has 1 saturated heterocycles. The van der Waals surface area contributed by atoms with Gasteiger partial charge in [0.25, 0.3) is 8.32 Å². The Bertz CT molecular complexity index is 1500. The van der Waals surface area contributed by atoms with Crippen LogP contribution in [0.15, 0.2) is 109 Å². The summed E-state index contributed by atoms with van der Waals surface area (Å²) in [5, 5.41) is 3.79. The summed E-state index contributed by atoms with van der Waals surface area (Å²) in [6.07, 6.45) is 1.48. The van der Waals surface area contributed by atoms with E-state index in [1.54, 1.807) is 0 Å². The molecule has 6 heteroatoms. The summed E-state index contributed by atoms with van der Waals surface area (Å²) < 4.78 is 7.24. The van der Waals surface area contributed by atoms with Crippen molar-refractivity contribution in [1.82, 2.24) is 4.90 Å². The molecule has 1 aliphatic heterocycles. The predicted octanol–water partition coefficient (Wildman–Crippen LogP) is 9.04. The van der Waals surface area contributed by atoms with E-state index in [0.717, 1.165) is 24.0 Å². The van der Waals surface area contributed by atoms with Gasteiger partial charge in [-0.2, -0.15) is 0 Å². The van der Waals surface area contributed by atoms with Crippen molar-refractivity contribution < 1.29 is 9.22 Å². The third-order valence-electron chi connectivity index (χ3n) is 9.20. The third-order valence-corrected chi connectivity index (χ3v) is 14.7. The Kier molecular flexibility index (Phi) is 10.1. The Morgan fingerprint density at radius 2 is 1.41 bits per heavy atom. The quantitative estimate of drug-likeness (QED) is 0.170. The molecule has 1 amide bonds. The number of rotatable bonds is 9. The molecule has 0 saturated carbocycles. The van der Waals surface area contributed by atoms with E-state index in [9.17, 15) is 4.79 Å². The van der Waals surface area contributed by atoms with E-state index in [4.69, 9.17) is 27.6 Å². The van der Waals surface area contributed by atoms with Crippen molar-refractivity contribution in [1.29, 1.82) is 0 Å². The van der Waals surface area contributed by atoms with Crippen molar-refractivity contribution in [3.05, 3.63) is 130 Å². The van der Waals surface area contributed by atoms with Crippen LogP contribution in [0.5, 0.6) is 0 Å². The van der Waals surface area contributed by atoms with Crippen molar-refractivity contribution in [3.8, 4) is 0 Å². The van der Waals surface area contributed by atoms with E-state index in [0.29, 0.717) is 16.7 Å². The monoisotopic (exact) mass is 643 g/mol. The van der Waals surface area contributed by atoms with Gasteiger partial charge in [0.05, 0.1) is 6.04 Å². The summed E-state index contributed by atoms with van der Waals surface area (Å²) >= 11 is 12.8. The molecule has 3 nitrogen and oxygen atoms in total. The van der Waals surface area contributed by atoms with Gasteiger partial charge in [0, 0.05) is 34.5 Å². The molecule has 4 aromatic rings. The molecule has 5 rings (SSSR count). The van der Waals surface area contributed by atoms with Crippen LogP contribution in [-0.2, 0) is 9.22 Å². The molecule has 0 aromatic heterocycles. The maximum Gasteiger partial charge on any atom is 0.261 e. The Morgan fingerprint density at radius 1 is 0.818 bits per heavy atom. The molecule has 230 valence electrons. The number of hydrogen-bond acceptors (Lipinski definition) is 2. The van der Waals surface area contributed by atoms with Gasteiger partial charge in [-0.05, 0) is 70.6 Å². The fourth-order valence-corrected chi connectivity index (χ4v) is 12.0. The van der Waals surface area contributed by atoms with Gasteiger partial charge in [0.2, 0.25) is 5.91 Å². The van der Waals surface area contributed by atoms with Gasteiger partial charge < -0.3 is 9.33 Å². The van der Waals surface area contributed by atoms with E-state index in [2.05, 4.69) is 118 Å². The zero-order valence-electron chi connectivity index (χ0n) is 26.3. The van der Waals surface area contributed by atoms with Crippen molar-refractivity contribution in [2.24, 2.45) is 5.92 Å². The van der Waals surface area contributed by atoms with Gasteiger partial charge in [-0.3, -0.25) is 4.79 Å². The SMILES string of the molecule is CC1C[C@H](c2cccc(Cl)c2)[C@@H](c2ccc(Cl)cc2)N([C@@H](C)CCO[Si](c2ccccc2)(c2ccccc2)C(C)(C)C)C1=O. The highest BCUT2D eigenvalue weighted by molar-refractivity contribution is 6.99. The molecule has 0 N–H and O–H groups in total. The van der Waals surface area contributed by atoms with E-state index < -0.39 is 8.32 Å². The number of nitrogens with zero attached hydrogens (tertiary/aromatic N) is 1. The van der Waals surface area contributed by atoms with Crippen LogP contribution >= 0.6 is 23.2 Å². The first-order chi connectivity index (χ1) is 21.0. The molecule has 1 unspecified atom stereocenters. The number of carbonyl (C=O) groups is 1. The number of carbonyl (C=O) groups excluding carboxylic acids is 1. The van der Waals surface area contributed by atoms with Crippen molar-refractivity contribution >= 4 is 47.8 Å². The average Bonchev–Trinajstić information content (AvgIpc) is 3.01. The summed E-state index contributed by atoms with van der Waals surface area (Å²) in [7, 11) is -2.69. The van der Waals surface area contributed by atoms with Gasteiger partial charge in [0.1, 0.15) is 0 Å². The summed E-state index contributed by atoms with van der Waals surface area (Å²) in [6.45, 7) is 11.7. The third kappa shape index (κ3) is 6.55. The number of piperidine rings is 1. The zero-order valence-corrected chi connectivity index (χ0v) is 28.9. The molecule has 0 radical (unpaired) electrons. The molecule has 0 aliphatic carbocycles. The largest absolute Gasteiger partial charge is 0.407 e. The van der Waals surface area contributed by atoms with Crippen LogP contribution in [0.4, 0.5) is 0 Å². The average molecular weight is 645 g/mol. The number of amides is 1.